The van der Waals surface area contributed by atoms with Crippen LogP contribution in [0.25, 0.3) is 0 Å². The highest BCUT2D eigenvalue weighted by Gasteiger charge is 2.22. The van der Waals surface area contributed by atoms with E-state index in [2.05, 4.69) is 15.1 Å². The summed E-state index contributed by atoms with van der Waals surface area (Å²) in [6.45, 7) is 6.53. The van der Waals surface area contributed by atoms with Gasteiger partial charge >= 0.3 is 0 Å². The summed E-state index contributed by atoms with van der Waals surface area (Å²) in [4.78, 5) is 31.1. The third-order valence-electron chi connectivity index (χ3n) is 5.93. The number of hydrogen-bond donors (Lipinski definition) is 1. The van der Waals surface area contributed by atoms with Gasteiger partial charge in [-0.2, -0.15) is 0 Å². The van der Waals surface area contributed by atoms with Gasteiger partial charge in [0.05, 0.1) is 13.2 Å². The standard InChI is InChI=1S/C24H29FN4O3/c25-20-3-1-19(2-4-20)24(31)29-13-11-27(12-14-29)10-9-23(30)26-21-5-7-22(8-6-21)28-15-17-32-18-16-28/h1-8H,9-18H2,(H,26,30). The van der Waals surface area contributed by atoms with Crippen LogP contribution in [0.4, 0.5) is 15.8 Å². The van der Waals surface area contributed by atoms with Crippen molar-refractivity contribution in [2.75, 3.05) is 69.2 Å². The Morgan fingerprint density at radius 2 is 1.53 bits per heavy atom. The molecular weight excluding hydrogens is 411 g/mol. The number of nitrogens with one attached hydrogen (secondary N) is 1. The largest absolute Gasteiger partial charge is 0.378 e. The lowest BCUT2D eigenvalue weighted by Gasteiger charge is -2.34. The van der Waals surface area contributed by atoms with Crippen molar-refractivity contribution in [3.8, 4) is 0 Å². The van der Waals surface area contributed by atoms with Crippen LogP contribution in [-0.4, -0.2) is 80.6 Å². The molecule has 8 heteroatoms. The first-order valence-corrected chi connectivity index (χ1v) is 11.1. The number of piperazine rings is 1. The fourth-order valence-corrected chi connectivity index (χ4v) is 4.01. The Labute approximate surface area is 187 Å². The Balaban J connectivity index is 1.18. The van der Waals surface area contributed by atoms with Gasteiger partial charge in [-0.25, -0.2) is 4.39 Å². The summed E-state index contributed by atoms with van der Waals surface area (Å²) < 4.78 is 18.4. The number of halogens is 1. The van der Waals surface area contributed by atoms with Gasteiger partial charge in [0.2, 0.25) is 5.91 Å². The molecule has 2 aromatic carbocycles. The van der Waals surface area contributed by atoms with E-state index in [1.807, 2.05) is 24.3 Å². The van der Waals surface area contributed by atoms with E-state index in [1.54, 1.807) is 4.90 Å². The zero-order valence-electron chi connectivity index (χ0n) is 18.1. The molecule has 2 heterocycles. The molecule has 0 unspecified atom stereocenters. The fraction of sp³-hybridized carbons (Fsp3) is 0.417. The van der Waals surface area contributed by atoms with Gasteiger partial charge < -0.3 is 19.9 Å². The fourth-order valence-electron chi connectivity index (χ4n) is 4.01. The first-order chi connectivity index (χ1) is 15.6. The summed E-state index contributed by atoms with van der Waals surface area (Å²) in [6.07, 6.45) is 0.400. The molecule has 2 aromatic rings. The molecule has 0 atom stereocenters. The number of morpholine rings is 1. The van der Waals surface area contributed by atoms with Crippen LogP contribution in [0.1, 0.15) is 16.8 Å². The molecule has 170 valence electrons. The number of carbonyl (C=O) groups is 2. The van der Waals surface area contributed by atoms with Crippen LogP contribution in [0.2, 0.25) is 0 Å². The Morgan fingerprint density at radius 1 is 0.875 bits per heavy atom. The monoisotopic (exact) mass is 440 g/mol. The van der Waals surface area contributed by atoms with E-state index in [-0.39, 0.29) is 17.6 Å². The van der Waals surface area contributed by atoms with E-state index in [1.165, 1.54) is 24.3 Å². The lowest BCUT2D eigenvalue weighted by Crippen LogP contribution is -2.49. The van der Waals surface area contributed by atoms with Crippen LogP contribution in [-0.2, 0) is 9.53 Å². The summed E-state index contributed by atoms with van der Waals surface area (Å²) in [5.74, 6) is -0.449. The average molecular weight is 441 g/mol. The zero-order valence-corrected chi connectivity index (χ0v) is 18.1. The summed E-state index contributed by atoms with van der Waals surface area (Å²) in [7, 11) is 0. The van der Waals surface area contributed by atoms with Crippen LogP contribution < -0.4 is 10.2 Å². The molecule has 0 bridgehead atoms. The first-order valence-electron chi connectivity index (χ1n) is 11.1. The highest BCUT2D eigenvalue weighted by atomic mass is 19.1. The summed E-state index contributed by atoms with van der Waals surface area (Å²) in [6, 6.07) is 13.6. The smallest absolute Gasteiger partial charge is 0.253 e. The van der Waals surface area contributed by atoms with Crippen molar-refractivity contribution in [3.63, 3.8) is 0 Å². The maximum absolute atomic E-state index is 13.1. The van der Waals surface area contributed by atoms with Gasteiger partial charge in [-0.15, -0.1) is 0 Å². The molecular formula is C24H29FN4O3. The van der Waals surface area contributed by atoms with Crippen molar-refractivity contribution in [2.24, 2.45) is 0 Å². The molecule has 1 N–H and O–H groups in total. The Bertz CT molecular complexity index is 906. The minimum atomic E-state index is -0.349. The molecule has 0 aliphatic carbocycles. The normalized spacial score (nSPS) is 17.3. The Hall–Kier alpha value is -2.97. The predicted molar refractivity (Wildman–Crippen MR) is 121 cm³/mol. The first kappa shape index (κ1) is 22.2. The van der Waals surface area contributed by atoms with Gasteiger partial charge in [-0.1, -0.05) is 0 Å². The molecule has 2 fully saturated rings. The van der Waals surface area contributed by atoms with Crippen molar-refractivity contribution in [2.45, 2.75) is 6.42 Å². The van der Waals surface area contributed by atoms with Crippen LogP contribution in [0.5, 0.6) is 0 Å². The highest BCUT2D eigenvalue weighted by Crippen LogP contribution is 2.19. The number of carbonyl (C=O) groups excluding carboxylic acids is 2. The summed E-state index contributed by atoms with van der Waals surface area (Å²) in [5.41, 5.74) is 2.43. The second-order valence-electron chi connectivity index (χ2n) is 8.09. The van der Waals surface area contributed by atoms with Crippen molar-refractivity contribution in [1.82, 2.24) is 9.80 Å². The number of nitrogens with zero attached hydrogens (tertiary/aromatic N) is 3. The maximum Gasteiger partial charge on any atom is 0.253 e. The minimum Gasteiger partial charge on any atom is -0.378 e. The summed E-state index contributed by atoms with van der Waals surface area (Å²) >= 11 is 0. The van der Waals surface area contributed by atoms with E-state index in [4.69, 9.17) is 4.74 Å². The van der Waals surface area contributed by atoms with Crippen LogP contribution in [0.3, 0.4) is 0 Å². The number of ether oxygens (including phenoxy) is 1. The highest BCUT2D eigenvalue weighted by molar-refractivity contribution is 5.94. The topological polar surface area (TPSA) is 65.1 Å². The van der Waals surface area contributed by atoms with Gasteiger partial charge in [0.15, 0.2) is 0 Å². The molecule has 7 nitrogen and oxygen atoms in total. The number of amides is 2. The third-order valence-corrected chi connectivity index (χ3v) is 5.93. The van der Waals surface area contributed by atoms with Crippen LogP contribution >= 0.6 is 0 Å². The van der Waals surface area contributed by atoms with Gasteiger partial charge in [0.25, 0.3) is 5.91 Å². The summed E-state index contributed by atoms with van der Waals surface area (Å²) in [5, 5.41) is 2.96. The second kappa shape index (κ2) is 10.6. The Kier molecular flexibility index (Phi) is 7.34. The van der Waals surface area contributed by atoms with E-state index in [0.29, 0.717) is 44.7 Å². The SMILES string of the molecule is O=C(CCN1CCN(C(=O)c2ccc(F)cc2)CC1)Nc1ccc(N2CCOCC2)cc1. The molecule has 0 saturated carbocycles. The maximum atomic E-state index is 13.1. The molecule has 2 amide bonds. The van der Waals surface area contributed by atoms with Crippen molar-refractivity contribution in [1.29, 1.82) is 0 Å². The number of hydrogen-bond acceptors (Lipinski definition) is 5. The third kappa shape index (κ3) is 5.83. The van der Waals surface area contributed by atoms with Crippen LogP contribution in [0.15, 0.2) is 48.5 Å². The minimum absolute atomic E-state index is 0.0195. The number of benzene rings is 2. The van der Waals surface area contributed by atoms with Crippen LogP contribution in [0, 0.1) is 5.82 Å². The Morgan fingerprint density at radius 3 is 2.19 bits per heavy atom. The lowest BCUT2D eigenvalue weighted by molar-refractivity contribution is -0.116. The number of anilines is 2. The quantitative estimate of drug-likeness (QED) is 0.748. The molecule has 32 heavy (non-hydrogen) atoms. The van der Waals surface area contributed by atoms with Gasteiger partial charge in [-0.3, -0.25) is 14.5 Å². The van der Waals surface area contributed by atoms with Crippen molar-refractivity contribution in [3.05, 3.63) is 59.9 Å². The molecule has 2 saturated heterocycles. The van der Waals surface area contributed by atoms with Gasteiger partial charge in [0, 0.05) is 69.2 Å². The zero-order chi connectivity index (χ0) is 22.3. The van der Waals surface area contributed by atoms with Crippen molar-refractivity contribution < 1.29 is 18.7 Å². The molecule has 2 aliphatic rings. The van der Waals surface area contributed by atoms with E-state index < -0.39 is 0 Å². The molecule has 0 radical (unpaired) electrons. The van der Waals surface area contributed by atoms with Gasteiger partial charge in [-0.05, 0) is 48.5 Å². The molecule has 0 aromatic heterocycles. The van der Waals surface area contributed by atoms with E-state index >= 15 is 0 Å². The predicted octanol–water partition coefficient (Wildman–Crippen LogP) is 2.45. The van der Waals surface area contributed by atoms with Gasteiger partial charge in [0.1, 0.15) is 5.82 Å². The second-order valence-corrected chi connectivity index (χ2v) is 8.09. The molecule has 2 aliphatic heterocycles. The average Bonchev–Trinajstić information content (AvgIpc) is 2.84. The van der Waals surface area contributed by atoms with Crippen molar-refractivity contribution >= 4 is 23.2 Å². The number of rotatable bonds is 6. The lowest BCUT2D eigenvalue weighted by atomic mass is 10.1. The van der Waals surface area contributed by atoms with E-state index in [0.717, 1.165) is 37.7 Å². The molecule has 0 spiro atoms. The van der Waals surface area contributed by atoms with E-state index in [9.17, 15) is 14.0 Å². The molecule has 4 rings (SSSR count).